The number of halogens is 3. The molecule has 2 aromatic heterocycles. The normalized spacial score (nSPS) is 14.3. The SMILES string of the molecule is O=c1[nH]c(-c2ccc(C(F)(F)F)cc2)nc2c1CCN(Cc1cc(-c3ccccc3)on1)C2. The monoisotopic (exact) mass is 452 g/mol. The number of aromatic nitrogens is 3. The minimum absolute atomic E-state index is 0.252. The van der Waals surface area contributed by atoms with Crippen LogP contribution in [0.2, 0.25) is 0 Å². The van der Waals surface area contributed by atoms with Crippen molar-refractivity contribution in [3.63, 3.8) is 0 Å². The molecule has 0 radical (unpaired) electrons. The average Bonchev–Trinajstić information content (AvgIpc) is 3.27. The summed E-state index contributed by atoms with van der Waals surface area (Å²) in [4.78, 5) is 22.0. The molecule has 1 aliphatic heterocycles. The highest BCUT2D eigenvalue weighted by molar-refractivity contribution is 5.57. The second-order valence-corrected chi connectivity index (χ2v) is 7.92. The zero-order valence-electron chi connectivity index (χ0n) is 17.4. The fourth-order valence-electron chi connectivity index (χ4n) is 3.94. The van der Waals surface area contributed by atoms with Crippen LogP contribution in [-0.4, -0.2) is 26.6 Å². The molecule has 2 aromatic carbocycles. The Labute approximate surface area is 186 Å². The summed E-state index contributed by atoms with van der Waals surface area (Å²) in [6.45, 7) is 1.62. The second kappa shape index (κ2) is 8.32. The third-order valence-electron chi connectivity index (χ3n) is 5.64. The van der Waals surface area contributed by atoms with Crippen LogP contribution in [-0.2, 0) is 25.7 Å². The van der Waals surface area contributed by atoms with Gasteiger partial charge in [-0.25, -0.2) is 4.98 Å². The molecule has 6 nitrogen and oxygen atoms in total. The van der Waals surface area contributed by atoms with Crippen molar-refractivity contribution < 1.29 is 17.7 Å². The first-order valence-corrected chi connectivity index (χ1v) is 10.4. The Morgan fingerprint density at radius 3 is 2.52 bits per heavy atom. The number of hydrogen-bond acceptors (Lipinski definition) is 5. The predicted octanol–water partition coefficient (Wildman–Crippen LogP) is 4.67. The van der Waals surface area contributed by atoms with Crippen molar-refractivity contribution in [1.29, 1.82) is 0 Å². The molecule has 33 heavy (non-hydrogen) atoms. The number of alkyl halides is 3. The van der Waals surface area contributed by atoms with Crippen molar-refractivity contribution in [3.05, 3.63) is 93.5 Å². The Morgan fingerprint density at radius 1 is 1.03 bits per heavy atom. The van der Waals surface area contributed by atoms with Crippen LogP contribution in [0.25, 0.3) is 22.7 Å². The minimum Gasteiger partial charge on any atom is -0.356 e. The third kappa shape index (κ3) is 4.45. The lowest BCUT2D eigenvalue weighted by Crippen LogP contribution is -2.35. The summed E-state index contributed by atoms with van der Waals surface area (Å²) < 4.78 is 44.0. The van der Waals surface area contributed by atoms with Crippen LogP contribution in [0.5, 0.6) is 0 Å². The van der Waals surface area contributed by atoms with E-state index in [0.29, 0.717) is 48.6 Å². The Morgan fingerprint density at radius 2 is 1.79 bits per heavy atom. The molecule has 9 heteroatoms. The quantitative estimate of drug-likeness (QED) is 0.487. The lowest BCUT2D eigenvalue weighted by atomic mass is 10.1. The van der Waals surface area contributed by atoms with Gasteiger partial charge in [-0.1, -0.05) is 47.6 Å². The fourth-order valence-corrected chi connectivity index (χ4v) is 3.94. The summed E-state index contributed by atoms with van der Waals surface area (Å²) in [5.74, 6) is 0.935. The van der Waals surface area contributed by atoms with Gasteiger partial charge in [0.1, 0.15) is 5.82 Å². The molecule has 0 saturated heterocycles. The van der Waals surface area contributed by atoms with Gasteiger partial charge in [-0.2, -0.15) is 13.2 Å². The van der Waals surface area contributed by atoms with Gasteiger partial charge in [-0.15, -0.1) is 0 Å². The number of rotatable bonds is 4. The van der Waals surface area contributed by atoms with E-state index in [4.69, 9.17) is 4.52 Å². The highest BCUT2D eigenvalue weighted by atomic mass is 19.4. The molecule has 3 heterocycles. The first-order chi connectivity index (χ1) is 15.9. The Hall–Kier alpha value is -3.72. The van der Waals surface area contributed by atoms with E-state index in [1.807, 2.05) is 36.4 Å². The highest BCUT2D eigenvalue weighted by Gasteiger charge is 2.30. The largest absolute Gasteiger partial charge is 0.416 e. The predicted molar refractivity (Wildman–Crippen MR) is 115 cm³/mol. The summed E-state index contributed by atoms with van der Waals surface area (Å²) in [5, 5.41) is 4.16. The summed E-state index contributed by atoms with van der Waals surface area (Å²) in [6, 6.07) is 16.2. The van der Waals surface area contributed by atoms with Crippen molar-refractivity contribution >= 4 is 0 Å². The maximum Gasteiger partial charge on any atom is 0.416 e. The van der Waals surface area contributed by atoms with Gasteiger partial charge in [-0.3, -0.25) is 9.69 Å². The second-order valence-electron chi connectivity index (χ2n) is 7.92. The lowest BCUT2D eigenvalue weighted by Gasteiger charge is -2.26. The average molecular weight is 452 g/mol. The first-order valence-electron chi connectivity index (χ1n) is 10.4. The van der Waals surface area contributed by atoms with Crippen LogP contribution in [0.3, 0.4) is 0 Å². The van der Waals surface area contributed by atoms with Crippen LogP contribution in [0.4, 0.5) is 13.2 Å². The van der Waals surface area contributed by atoms with Gasteiger partial charge in [0.25, 0.3) is 5.56 Å². The summed E-state index contributed by atoms with van der Waals surface area (Å²) in [6.07, 6.45) is -3.90. The molecule has 0 spiro atoms. The van der Waals surface area contributed by atoms with Crippen LogP contribution >= 0.6 is 0 Å². The number of H-pyrrole nitrogens is 1. The zero-order chi connectivity index (χ0) is 23.0. The van der Waals surface area contributed by atoms with Gasteiger partial charge >= 0.3 is 6.18 Å². The third-order valence-corrected chi connectivity index (χ3v) is 5.64. The zero-order valence-corrected chi connectivity index (χ0v) is 17.4. The molecule has 1 aliphatic rings. The molecule has 0 unspecified atom stereocenters. The van der Waals surface area contributed by atoms with E-state index in [2.05, 4.69) is 20.0 Å². The van der Waals surface area contributed by atoms with E-state index >= 15 is 0 Å². The van der Waals surface area contributed by atoms with Gasteiger partial charge in [0.15, 0.2) is 5.76 Å². The maximum absolute atomic E-state index is 12.8. The number of nitrogens with zero attached hydrogens (tertiary/aromatic N) is 3. The van der Waals surface area contributed by atoms with E-state index in [1.54, 1.807) is 0 Å². The number of aromatic amines is 1. The van der Waals surface area contributed by atoms with E-state index in [0.717, 1.165) is 23.4 Å². The van der Waals surface area contributed by atoms with Gasteiger partial charge in [0, 0.05) is 42.4 Å². The Balaban J connectivity index is 1.35. The molecule has 5 rings (SSSR count). The van der Waals surface area contributed by atoms with Crippen LogP contribution in [0, 0.1) is 0 Å². The Bertz CT molecular complexity index is 1330. The first kappa shape index (κ1) is 21.1. The summed E-state index contributed by atoms with van der Waals surface area (Å²) in [7, 11) is 0. The van der Waals surface area contributed by atoms with Crippen LogP contribution < -0.4 is 5.56 Å². The number of nitrogens with one attached hydrogen (secondary N) is 1. The molecule has 0 bridgehead atoms. The lowest BCUT2D eigenvalue weighted by molar-refractivity contribution is -0.137. The Kier molecular flexibility index (Phi) is 5.33. The molecule has 0 atom stereocenters. The molecular formula is C24H19F3N4O2. The molecule has 4 aromatic rings. The fraction of sp³-hybridized carbons (Fsp3) is 0.208. The molecule has 0 aliphatic carbocycles. The summed E-state index contributed by atoms with van der Waals surface area (Å²) >= 11 is 0. The van der Waals surface area contributed by atoms with Gasteiger partial charge in [0.2, 0.25) is 0 Å². The van der Waals surface area contributed by atoms with Gasteiger partial charge in [0.05, 0.1) is 17.0 Å². The number of hydrogen-bond donors (Lipinski definition) is 1. The van der Waals surface area contributed by atoms with Crippen molar-refractivity contribution in [2.75, 3.05) is 6.54 Å². The van der Waals surface area contributed by atoms with Crippen molar-refractivity contribution in [3.8, 4) is 22.7 Å². The molecule has 0 saturated carbocycles. The molecule has 0 fully saturated rings. The van der Waals surface area contributed by atoms with E-state index in [9.17, 15) is 18.0 Å². The van der Waals surface area contributed by atoms with Crippen LogP contribution in [0.1, 0.15) is 22.5 Å². The van der Waals surface area contributed by atoms with E-state index in [-0.39, 0.29) is 11.4 Å². The number of fused-ring (bicyclic) bond motifs is 1. The van der Waals surface area contributed by atoms with Gasteiger partial charge in [-0.05, 0) is 18.6 Å². The summed E-state index contributed by atoms with van der Waals surface area (Å²) in [5.41, 5.74) is 2.34. The highest BCUT2D eigenvalue weighted by Crippen LogP contribution is 2.30. The van der Waals surface area contributed by atoms with Gasteiger partial charge < -0.3 is 9.51 Å². The smallest absolute Gasteiger partial charge is 0.356 e. The molecule has 1 N–H and O–H groups in total. The molecule has 0 amide bonds. The molecular weight excluding hydrogens is 433 g/mol. The molecule has 168 valence electrons. The van der Waals surface area contributed by atoms with Crippen molar-refractivity contribution in [2.45, 2.75) is 25.7 Å². The maximum atomic E-state index is 12.8. The minimum atomic E-state index is -4.42. The number of benzene rings is 2. The van der Waals surface area contributed by atoms with Crippen molar-refractivity contribution in [1.82, 2.24) is 20.0 Å². The standard InChI is InChI=1S/C24H19F3N4O2/c25-24(26,27)17-8-6-16(7-9-17)22-28-20-14-31(11-10-19(20)23(32)29-22)13-18-12-21(33-30-18)15-4-2-1-3-5-15/h1-9,12H,10-11,13-14H2,(H,28,29,32). The van der Waals surface area contributed by atoms with Crippen molar-refractivity contribution in [2.24, 2.45) is 0 Å². The van der Waals surface area contributed by atoms with E-state index in [1.165, 1.54) is 12.1 Å². The van der Waals surface area contributed by atoms with Crippen LogP contribution in [0.15, 0.2) is 70.0 Å². The van der Waals surface area contributed by atoms with E-state index < -0.39 is 11.7 Å². The topological polar surface area (TPSA) is 75.0 Å².